The number of hydrogen-bond acceptors (Lipinski definition) is 3. The summed E-state index contributed by atoms with van der Waals surface area (Å²) in [4.78, 5) is 11.0. The largest absolute Gasteiger partial charge is 0.486 e. The Morgan fingerprint density at radius 3 is 2.67 bits per heavy atom. The van der Waals surface area contributed by atoms with E-state index in [4.69, 9.17) is 4.74 Å². The van der Waals surface area contributed by atoms with Gasteiger partial charge in [-0.05, 0) is 44.6 Å². The summed E-state index contributed by atoms with van der Waals surface area (Å²) in [6.45, 7) is -2.90. The topological polar surface area (TPSA) is 35.5 Å². The number of hydrogen-bond donors (Lipinski definition) is 0. The van der Waals surface area contributed by atoms with Crippen LogP contribution < -0.4 is 0 Å². The van der Waals surface area contributed by atoms with Gasteiger partial charge in [0, 0.05) is 5.57 Å². The maximum absolute atomic E-state index is 12.3. The predicted octanol–water partition coefficient (Wildman–Crippen LogP) is 3.32. The van der Waals surface area contributed by atoms with Crippen molar-refractivity contribution in [1.82, 2.24) is 0 Å². The van der Waals surface area contributed by atoms with E-state index in [-0.39, 0.29) is 17.6 Å². The monoisotopic (exact) mass is 258 g/mol. The van der Waals surface area contributed by atoms with Crippen molar-refractivity contribution in [1.29, 1.82) is 0 Å². The summed E-state index contributed by atoms with van der Waals surface area (Å²) < 4.78 is 34.7. The standard InChI is InChI=1S/C13H16F2O3/c14-13(15)18-11-7-3-4-9(8-16)12(11)17-10-5-1-2-6-10/h7-8,10,13H,1-6H2. The van der Waals surface area contributed by atoms with E-state index >= 15 is 0 Å². The molecule has 0 radical (unpaired) electrons. The Hall–Kier alpha value is -1.39. The number of aldehydes is 1. The molecule has 0 heterocycles. The molecule has 100 valence electrons. The van der Waals surface area contributed by atoms with Crippen molar-refractivity contribution < 1.29 is 23.0 Å². The number of alkyl halides is 2. The van der Waals surface area contributed by atoms with E-state index in [2.05, 4.69) is 4.74 Å². The maximum Gasteiger partial charge on any atom is 0.387 e. The minimum Gasteiger partial charge on any atom is -0.486 e. The van der Waals surface area contributed by atoms with Gasteiger partial charge in [0.05, 0.1) is 6.10 Å². The molecule has 2 aliphatic carbocycles. The molecule has 0 bridgehead atoms. The maximum atomic E-state index is 12.3. The Morgan fingerprint density at radius 1 is 1.33 bits per heavy atom. The van der Waals surface area contributed by atoms with Crippen LogP contribution in [0.4, 0.5) is 8.78 Å². The highest BCUT2D eigenvalue weighted by molar-refractivity contribution is 5.75. The van der Waals surface area contributed by atoms with Crippen molar-refractivity contribution in [3.63, 3.8) is 0 Å². The summed E-state index contributed by atoms with van der Waals surface area (Å²) in [5, 5.41) is 0. The van der Waals surface area contributed by atoms with Gasteiger partial charge in [-0.15, -0.1) is 0 Å². The van der Waals surface area contributed by atoms with Gasteiger partial charge in [-0.1, -0.05) is 0 Å². The Bertz CT molecular complexity index is 368. The van der Waals surface area contributed by atoms with Crippen molar-refractivity contribution in [2.24, 2.45) is 0 Å². The molecule has 1 saturated carbocycles. The van der Waals surface area contributed by atoms with Gasteiger partial charge in [0.2, 0.25) is 0 Å². The van der Waals surface area contributed by atoms with E-state index in [0.717, 1.165) is 25.7 Å². The number of rotatable bonds is 5. The molecule has 2 aliphatic rings. The number of halogens is 2. The molecule has 18 heavy (non-hydrogen) atoms. The highest BCUT2D eigenvalue weighted by Crippen LogP contribution is 2.32. The van der Waals surface area contributed by atoms with Gasteiger partial charge in [-0.3, -0.25) is 4.79 Å². The van der Waals surface area contributed by atoms with Crippen LogP contribution in [0.2, 0.25) is 0 Å². The zero-order chi connectivity index (χ0) is 13.0. The van der Waals surface area contributed by atoms with Gasteiger partial charge in [-0.2, -0.15) is 8.78 Å². The van der Waals surface area contributed by atoms with Gasteiger partial charge in [-0.25, -0.2) is 0 Å². The molecule has 0 aromatic heterocycles. The second-order valence-electron chi connectivity index (χ2n) is 4.48. The summed E-state index contributed by atoms with van der Waals surface area (Å²) in [5.41, 5.74) is 0.417. The van der Waals surface area contributed by atoms with Crippen LogP contribution in [0, 0.1) is 0 Å². The molecular formula is C13H16F2O3. The lowest BCUT2D eigenvalue weighted by atomic mass is 10.0. The SMILES string of the molecule is O=CC1=C(OC2CCCC2)C(OC(F)F)=CCC1. The lowest BCUT2D eigenvalue weighted by molar-refractivity contribution is -0.108. The van der Waals surface area contributed by atoms with Crippen LogP contribution in [0.1, 0.15) is 38.5 Å². The molecule has 0 spiro atoms. The van der Waals surface area contributed by atoms with E-state index < -0.39 is 6.61 Å². The number of carbonyl (C=O) groups is 1. The Balaban J connectivity index is 2.14. The summed E-state index contributed by atoms with van der Waals surface area (Å²) >= 11 is 0. The number of carbonyl (C=O) groups excluding carboxylic acids is 1. The van der Waals surface area contributed by atoms with Gasteiger partial charge >= 0.3 is 6.61 Å². The zero-order valence-corrected chi connectivity index (χ0v) is 10.0. The van der Waals surface area contributed by atoms with Crippen molar-refractivity contribution in [2.45, 2.75) is 51.2 Å². The van der Waals surface area contributed by atoms with Crippen molar-refractivity contribution in [2.75, 3.05) is 0 Å². The molecule has 0 unspecified atom stereocenters. The quantitative estimate of drug-likeness (QED) is 0.710. The van der Waals surface area contributed by atoms with Crippen LogP contribution in [0.25, 0.3) is 0 Å². The van der Waals surface area contributed by atoms with E-state index in [1.807, 2.05) is 0 Å². The average Bonchev–Trinajstić information content (AvgIpc) is 2.83. The first-order valence-electron chi connectivity index (χ1n) is 6.21. The second-order valence-corrected chi connectivity index (χ2v) is 4.48. The third-order valence-electron chi connectivity index (χ3n) is 3.20. The predicted molar refractivity (Wildman–Crippen MR) is 60.8 cm³/mol. The molecule has 2 rings (SSSR count). The first kappa shape index (κ1) is 13.1. The molecule has 0 atom stereocenters. The van der Waals surface area contributed by atoms with Crippen molar-refractivity contribution in [3.05, 3.63) is 23.2 Å². The van der Waals surface area contributed by atoms with Gasteiger partial charge in [0.1, 0.15) is 6.29 Å². The number of allylic oxidation sites excluding steroid dienone is 2. The average molecular weight is 258 g/mol. The summed E-state index contributed by atoms with van der Waals surface area (Å²) in [6, 6.07) is 0. The minimum atomic E-state index is -2.90. The first-order chi connectivity index (χ1) is 8.70. The lowest BCUT2D eigenvalue weighted by Crippen LogP contribution is -2.16. The fourth-order valence-electron chi connectivity index (χ4n) is 2.34. The minimum absolute atomic E-state index is 0.00486. The van der Waals surface area contributed by atoms with E-state index in [1.165, 1.54) is 0 Å². The van der Waals surface area contributed by atoms with Crippen LogP contribution in [0.3, 0.4) is 0 Å². The van der Waals surface area contributed by atoms with Crippen LogP contribution in [0.5, 0.6) is 0 Å². The van der Waals surface area contributed by atoms with Gasteiger partial charge in [0.15, 0.2) is 11.5 Å². The molecule has 1 fully saturated rings. The first-order valence-corrected chi connectivity index (χ1v) is 6.21. The highest BCUT2D eigenvalue weighted by Gasteiger charge is 2.26. The molecule has 0 aromatic rings. The zero-order valence-electron chi connectivity index (χ0n) is 10.0. The van der Waals surface area contributed by atoms with Crippen molar-refractivity contribution >= 4 is 6.29 Å². The Kier molecular flexibility index (Phi) is 4.33. The van der Waals surface area contributed by atoms with Crippen LogP contribution in [-0.4, -0.2) is 19.0 Å². The molecule has 5 heteroatoms. The third-order valence-corrected chi connectivity index (χ3v) is 3.20. The van der Waals surface area contributed by atoms with E-state index in [0.29, 0.717) is 24.7 Å². The Labute approximate surface area is 104 Å². The second kappa shape index (κ2) is 5.98. The lowest BCUT2D eigenvalue weighted by Gasteiger charge is -2.23. The smallest absolute Gasteiger partial charge is 0.387 e. The molecule has 3 nitrogen and oxygen atoms in total. The van der Waals surface area contributed by atoms with Crippen LogP contribution >= 0.6 is 0 Å². The highest BCUT2D eigenvalue weighted by atomic mass is 19.3. The molecule has 0 saturated heterocycles. The third kappa shape index (κ3) is 3.09. The van der Waals surface area contributed by atoms with Crippen LogP contribution in [0.15, 0.2) is 23.2 Å². The van der Waals surface area contributed by atoms with Crippen molar-refractivity contribution in [3.8, 4) is 0 Å². The van der Waals surface area contributed by atoms with Crippen LogP contribution in [-0.2, 0) is 14.3 Å². The normalized spacial score (nSPS) is 21.2. The molecule has 0 aliphatic heterocycles. The fourth-order valence-corrected chi connectivity index (χ4v) is 2.34. The fraction of sp³-hybridized carbons (Fsp3) is 0.615. The number of ether oxygens (including phenoxy) is 2. The van der Waals surface area contributed by atoms with E-state index in [9.17, 15) is 13.6 Å². The molecule has 0 aromatic carbocycles. The van der Waals surface area contributed by atoms with Gasteiger partial charge in [0.25, 0.3) is 0 Å². The molecule has 0 N–H and O–H groups in total. The molecule has 0 amide bonds. The summed E-state index contributed by atoms with van der Waals surface area (Å²) in [7, 11) is 0. The Morgan fingerprint density at radius 2 is 2.06 bits per heavy atom. The molecular weight excluding hydrogens is 242 g/mol. The van der Waals surface area contributed by atoms with E-state index in [1.54, 1.807) is 6.08 Å². The summed E-state index contributed by atoms with van der Waals surface area (Å²) in [6.07, 6.45) is 7.23. The summed E-state index contributed by atoms with van der Waals surface area (Å²) in [5.74, 6) is 0.216. The van der Waals surface area contributed by atoms with Gasteiger partial charge < -0.3 is 9.47 Å².